The highest BCUT2D eigenvalue weighted by atomic mass is 19.4. The number of carboxylic acids is 1. The van der Waals surface area contributed by atoms with E-state index in [0.717, 1.165) is 0 Å². The number of nitrogens with zero attached hydrogens (tertiary/aromatic N) is 1. The summed E-state index contributed by atoms with van der Waals surface area (Å²) in [5.74, 6) is -1.76. The Morgan fingerprint density at radius 2 is 1.93 bits per heavy atom. The molecule has 0 fully saturated rings. The number of aliphatic carboxylic acids is 1. The van der Waals surface area contributed by atoms with Crippen LogP contribution in [0.2, 0.25) is 0 Å². The molecule has 0 amide bonds. The van der Waals surface area contributed by atoms with Crippen molar-refractivity contribution >= 4 is 11.7 Å². The van der Waals surface area contributed by atoms with E-state index < -0.39 is 29.5 Å². The van der Waals surface area contributed by atoms with Gasteiger partial charge in [0, 0.05) is 12.2 Å². The van der Waals surface area contributed by atoms with Crippen LogP contribution in [0.25, 0.3) is 0 Å². The minimum absolute atomic E-state index is 0.386. The quantitative estimate of drug-likeness (QED) is 0.560. The van der Waals surface area contributed by atoms with Gasteiger partial charge in [0.2, 0.25) is 0 Å². The molecule has 0 aromatic heterocycles. The molecule has 0 unspecified atom stereocenters. The lowest BCUT2D eigenvalue weighted by Crippen LogP contribution is -2.30. The Morgan fingerprint density at radius 1 is 1.47 bits per heavy atom. The Kier molecular flexibility index (Phi) is 4.32. The van der Waals surface area contributed by atoms with Crippen molar-refractivity contribution in [2.45, 2.75) is 26.1 Å². The second-order valence-corrected chi connectivity index (χ2v) is 2.95. The van der Waals surface area contributed by atoms with E-state index in [9.17, 15) is 18.0 Å². The molecule has 86 valence electrons. The number of alkyl halides is 3. The fraction of sp³-hybridized carbons (Fsp3) is 0.500. The zero-order chi connectivity index (χ0) is 12.2. The molecule has 0 saturated carbocycles. The van der Waals surface area contributed by atoms with Gasteiger partial charge in [-0.05, 0) is 13.8 Å². The molecular formula is C8H11F3N2O2. The van der Waals surface area contributed by atoms with E-state index in [1.807, 2.05) is 0 Å². The van der Waals surface area contributed by atoms with Crippen LogP contribution in [0.4, 0.5) is 13.2 Å². The van der Waals surface area contributed by atoms with Crippen molar-refractivity contribution in [1.82, 2.24) is 0 Å². The van der Waals surface area contributed by atoms with Crippen LogP contribution in [0.1, 0.15) is 13.8 Å². The number of hydrogen-bond acceptors (Lipinski definition) is 3. The lowest BCUT2D eigenvalue weighted by Gasteiger charge is -2.12. The fourth-order valence-corrected chi connectivity index (χ4v) is 0.805. The van der Waals surface area contributed by atoms with Crippen molar-refractivity contribution in [3.8, 4) is 0 Å². The van der Waals surface area contributed by atoms with E-state index in [1.54, 1.807) is 0 Å². The maximum Gasteiger partial charge on any atom is 0.433 e. The number of halogens is 3. The number of carbonyl (C=O) groups is 1. The molecule has 0 spiro atoms. The first-order valence-corrected chi connectivity index (χ1v) is 4.00. The maximum absolute atomic E-state index is 12.4. The highest BCUT2D eigenvalue weighted by molar-refractivity contribution is 6.21. The van der Waals surface area contributed by atoms with Crippen molar-refractivity contribution in [2.24, 2.45) is 10.7 Å². The largest absolute Gasteiger partial charge is 0.478 e. The van der Waals surface area contributed by atoms with Gasteiger partial charge in [0.05, 0.1) is 0 Å². The number of aliphatic imine (C=N–C) groups is 1. The molecule has 3 N–H and O–H groups in total. The van der Waals surface area contributed by atoms with E-state index in [4.69, 9.17) is 10.8 Å². The molecule has 0 aromatic carbocycles. The standard InChI is InChI=1S/C8H11F3N2O2/c1-4(2)13-6(8(9,10)11)5(3-12)7(14)15/h3-4H,12H2,1-2H3,(H,14,15)/b5-3+,13-6?. The normalized spacial score (nSPS) is 14.5. The Hall–Kier alpha value is -1.53. The molecule has 0 atom stereocenters. The Labute approximate surface area is 84.3 Å². The molecule has 0 aliphatic rings. The van der Waals surface area contributed by atoms with Gasteiger partial charge >= 0.3 is 12.1 Å². The summed E-state index contributed by atoms with van der Waals surface area (Å²) in [6.45, 7) is 2.81. The molecule has 0 aliphatic heterocycles. The molecule has 4 nitrogen and oxygen atoms in total. The van der Waals surface area contributed by atoms with Crippen molar-refractivity contribution in [1.29, 1.82) is 0 Å². The van der Waals surface area contributed by atoms with E-state index in [1.165, 1.54) is 13.8 Å². The predicted octanol–water partition coefficient (Wildman–Crippen LogP) is 1.33. The number of hydrogen-bond donors (Lipinski definition) is 2. The lowest BCUT2D eigenvalue weighted by molar-refractivity contribution is -0.132. The summed E-state index contributed by atoms with van der Waals surface area (Å²) in [6, 6.07) is -0.670. The third kappa shape index (κ3) is 4.01. The van der Waals surface area contributed by atoms with Gasteiger partial charge in [0.15, 0.2) is 5.71 Å². The zero-order valence-corrected chi connectivity index (χ0v) is 8.17. The predicted molar refractivity (Wildman–Crippen MR) is 48.5 cm³/mol. The zero-order valence-electron chi connectivity index (χ0n) is 8.17. The van der Waals surface area contributed by atoms with Crippen molar-refractivity contribution in [2.75, 3.05) is 0 Å². The molecule has 0 rings (SSSR count). The van der Waals surface area contributed by atoms with Gasteiger partial charge in [0.25, 0.3) is 0 Å². The first-order valence-electron chi connectivity index (χ1n) is 4.00. The van der Waals surface area contributed by atoms with Gasteiger partial charge in [0.1, 0.15) is 5.57 Å². The van der Waals surface area contributed by atoms with Gasteiger partial charge in [-0.15, -0.1) is 0 Å². The minimum Gasteiger partial charge on any atom is -0.478 e. The highest BCUT2D eigenvalue weighted by Crippen LogP contribution is 2.23. The molecule has 7 heteroatoms. The van der Waals surface area contributed by atoms with Crippen LogP contribution in [0.3, 0.4) is 0 Å². The molecule has 0 heterocycles. The number of rotatable bonds is 3. The Morgan fingerprint density at radius 3 is 2.13 bits per heavy atom. The average Bonchev–Trinajstić information content (AvgIpc) is 2.00. The molecule has 15 heavy (non-hydrogen) atoms. The summed E-state index contributed by atoms with van der Waals surface area (Å²) >= 11 is 0. The van der Waals surface area contributed by atoms with Gasteiger partial charge < -0.3 is 10.8 Å². The lowest BCUT2D eigenvalue weighted by atomic mass is 10.1. The molecule has 0 saturated heterocycles. The molecule has 0 bridgehead atoms. The fourth-order valence-electron chi connectivity index (χ4n) is 0.805. The Bertz CT molecular complexity index is 305. The second kappa shape index (κ2) is 4.81. The summed E-state index contributed by atoms with van der Waals surface area (Å²) in [5, 5.41) is 8.49. The summed E-state index contributed by atoms with van der Waals surface area (Å²) in [7, 11) is 0. The van der Waals surface area contributed by atoms with Crippen molar-refractivity contribution < 1.29 is 23.1 Å². The highest BCUT2D eigenvalue weighted by Gasteiger charge is 2.40. The van der Waals surface area contributed by atoms with E-state index in [2.05, 4.69) is 4.99 Å². The Balaban J connectivity index is 5.41. The van der Waals surface area contributed by atoms with E-state index in [-0.39, 0.29) is 0 Å². The summed E-state index contributed by atoms with van der Waals surface area (Å²) < 4.78 is 37.2. The first kappa shape index (κ1) is 13.5. The SMILES string of the molecule is CC(C)N=C(/C(=C\N)C(=O)O)C(F)(F)F. The van der Waals surface area contributed by atoms with Crippen LogP contribution < -0.4 is 5.73 Å². The van der Waals surface area contributed by atoms with Gasteiger partial charge in [-0.2, -0.15) is 13.2 Å². The van der Waals surface area contributed by atoms with Crippen LogP contribution in [0, 0.1) is 0 Å². The maximum atomic E-state index is 12.4. The first-order chi connectivity index (χ1) is 6.70. The smallest absolute Gasteiger partial charge is 0.433 e. The third-order valence-corrected chi connectivity index (χ3v) is 1.31. The monoisotopic (exact) mass is 224 g/mol. The van der Waals surface area contributed by atoms with Gasteiger partial charge in [-0.25, -0.2) is 4.79 Å². The number of nitrogens with two attached hydrogens (primary N) is 1. The van der Waals surface area contributed by atoms with Crippen LogP contribution in [-0.2, 0) is 4.79 Å². The summed E-state index contributed by atoms with van der Waals surface area (Å²) in [6.07, 6.45) is -4.44. The minimum atomic E-state index is -4.83. The van der Waals surface area contributed by atoms with Gasteiger partial charge in [-0.3, -0.25) is 4.99 Å². The van der Waals surface area contributed by atoms with Gasteiger partial charge in [-0.1, -0.05) is 0 Å². The van der Waals surface area contributed by atoms with Crippen LogP contribution >= 0.6 is 0 Å². The summed E-state index contributed by atoms with van der Waals surface area (Å²) in [4.78, 5) is 13.7. The molecule has 0 aliphatic carbocycles. The average molecular weight is 224 g/mol. The van der Waals surface area contributed by atoms with Crippen molar-refractivity contribution in [3.63, 3.8) is 0 Å². The van der Waals surface area contributed by atoms with E-state index >= 15 is 0 Å². The molecule has 0 aromatic rings. The van der Waals surface area contributed by atoms with Crippen LogP contribution in [0.5, 0.6) is 0 Å². The molecule has 0 radical (unpaired) electrons. The van der Waals surface area contributed by atoms with E-state index in [0.29, 0.717) is 6.20 Å². The third-order valence-electron chi connectivity index (χ3n) is 1.31. The molecular weight excluding hydrogens is 213 g/mol. The van der Waals surface area contributed by atoms with Crippen molar-refractivity contribution in [3.05, 3.63) is 11.8 Å². The second-order valence-electron chi connectivity index (χ2n) is 2.95. The van der Waals surface area contributed by atoms with Crippen LogP contribution in [-0.4, -0.2) is 29.0 Å². The summed E-state index contributed by atoms with van der Waals surface area (Å²) in [5.41, 5.74) is 2.31. The van der Waals surface area contributed by atoms with Crippen LogP contribution in [0.15, 0.2) is 16.8 Å². The number of carboxylic acid groups (broad SMARTS) is 1. The topological polar surface area (TPSA) is 75.7 Å².